The second kappa shape index (κ2) is 13.1. The number of carbonyl (C=O) groups is 2. The lowest BCUT2D eigenvalue weighted by molar-refractivity contribution is 0.0185. The van der Waals surface area contributed by atoms with E-state index in [0.717, 1.165) is 18.9 Å². The number of likely N-dealkylation sites (tertiary alicyclic amines) is 1. The molecular weight excluding hydrogens is 518 g/mol. The van der Waals surface area contributed by atoms with Gasteiger partial charge in [-0.25, -0.2) is 14.8 Å². The predicted octanol–water partition coefficient (Wildman–Crippen LogP) is 4.29. The fourth-order valence-corrected chi connectivity index (χ4v) is 5.01. The maximum absolute atomic E-state index is 13.1. The molecule has 2 aromatic heterocycles. The van der Waals surface area contributed by atoms with Gasteiger partial charge in [0.15, 0.2) is 5.65 Å². The summed E-state index contributed by atoms with van der Waals surface area (Å²) in [5.74, 6) is 0.0127. The number of nitrogens with zero attached hydrogens (tertiary/aromatic N) is 4. The summed E-state index contributed by atoms with van der Waals surface area (Å²) in [6, 6.07) is 0.737. The van der Waals surface area contributed by atoms with Crippen LogP contribution in [0.2, 0.25) is 25.7 Å². The lowest BCUT2D eigenvalue weighted by atomic mass is 10.2. The molecule has 3 rings (SSSR count). The minimum absolute atomic E-state index is 0.126. The normalized spacial score (nSPS) is 16.9. The fraction of sp³-hybridized carbons (Fsp3) is 0.704. The summed E-state index contributed by atoms with van der Waals surface area (Å²) in [5, 5.41) is 2.94. The SMILES string of the molecule is COC[C@H](C)NC(=O)c1cn(COCC[Si](C)(C)C)c2ncc(OC[C@H]3CCCN3C(=O)OC(C)(C)C)nc12. The Balaban J connectivity index is 1.77. The van der Waals surface area contributed by atoms with Gasteiger partial charge in [-0.3, -0.25) is 4.79 Å². The molecule has 0 aliphatic carbocycles. The molecule has 1 aliphatic heterocycles. The Bertz CT molecular complexity index is 1130. The van der Waals surface area contributed by atoms with E-state index in [0.29, 0.717) is 36.5 Å². The summed E-state index contributed by atoms with van der Waals surface area (Å²) >= 11 is 0. The molecule has 12 heteroatoms. The van der Waals surface area contributed by atoms with Crippen LogP contribution in [-0.2, 0) is 20.9 Å². The molecule has 0 radical (unpaired) electrons. The molecule has 2 aromatic rings. The van der Waals surface area contributed by atoms with Crippen molar-refractivity contribution in [2.45, 2.75) is 90.6 Å². The molecule has 0 unspecified atom stereocenters. The minimum Gasteiger partial charge on any atom is -0.474 e. The van der Waals surface area contributed by atoms with Crippen molar-refractivity contribution in [3.63, 3.8) is 0 Å². The third kappa shape index (κ3) is 9.18. The van der Waals surface area contributed by atoms with Gasteiger partial charge < -0.3 is 33.7 Å². The number of methoxy groups -OCH3 is 1. The Morgan fingerprint density at radius 3 is 2.67 bits per heavy atom. The van der Waals surface area contributed by atoms with Crippen LogP contribution in [0.4, 0.5) is 4.79 Å². The van der Waals surface area contributed by atoms with E-state index in [-0.39, 0.29) is 43.3 Å². The van der Waals surface area contributed by atoms with Gasteiger partial charge in [0.25, 0.3) is 5.91 Å². The summed E-state index contributed by atoms with van der Waals surface area (Å²) < 4.78 is 24.4. The van der Waals surface area contributed by atoms with Gasteiger partial charge >= 0.3 is 6.09 Å². The summed E-state index contributed by atoms with van der Waals surface area (Å²) in [4.78, 5) is 36.7. The van der Waals surface area contributed by atoms with E-state index in [2.05, 4.69) is 34.9 Å². The Hall–Kier alpha value is -2.70. The average molecular weight is 564 g/mol. The van der Waals surface area contributed by atoms with E-state index >= 15 is 0 Å². The van der Waals surface area contributed by atoms with Gasteiger partial charge in [0.05, 0.1) is 24.4 Å². The zero-order chi connectivity index (χ0) is 28.8. The van der Waals surface area contributed by atoms with Gasteiger partial charge in [-0.2, -0.15) is 0 Å². The van der Waals surface area contributed by atoms with Crippen LogP contribution in [-0.4, -0.2) is 90.7 Å². The third-order valence-electron chi connectivity index (χ3n) is 6.24. The van der Waals surface area contributed by atoms with Crippen LogP contribution in [0, 0.1) is 0 Å². The van der Waals surface area contributed by atoms with E-state index in [1.54, 1.807) is 29.0 Å². The first-order valence-corrected chi connectivity index (χ1v) is 17.3. The van der Waals surface area contributed by atoms with Crippen molar-refractivity contribution in [2.75, 3.05) is 33.5 Å². The molecule has 1 fully saturated rings. The molecule has 2 atom stereocenters. The molecule has 1 N–H and O–H groups in total. The molecule has 0 spiro atoms. The van der Waals surface area contributed by atoms with E-state index in [1.165, 1.54) is 0 Å². The highest BCUT2D eigenvalue weighted by Crippen LogP contribution is 2.24. The van der Waals surface area contributed by atoms with Gasteiger partial charge in [-0.15, -0.1) is 0 Å². The second-order valence-corrected chi connectivity index (χ2v) is 18.0. The van der Waals surface area contributed by atoms with Gasteiger partial charge in [-0.1, -0.05) is 19.6 Å². The van der Waals surface area contributed by atoms with Gasteiger partial charge in [-0.05, 0) is 46.6 Å². The second-order valence-electron chi connectivity index (χ2n) is 12.4. The quantitative estimate of drug-likeness (QED) is 0.300. The monoisotopic (exact) mass is 563 g/mol. The first kappa shape index (κ1) is 30.8. The summed E-state index contributed by atoms with van der Waals surface area (Å²) in [5.41, 5.74) is 0.788. The van der Waals surface area contributed by atoms with E-state index in [9.17, 15) is 9.59 Å². The first-order chi connectivity index (χ1) is 18.3. The average Bonchev–Trinajstić information content (AvgIpc) is 3.43. The molecule has 218 valence electrons. The van der Waals surface area contributed by atoms with E-state index in [1.807, 2.05) is 27.7 Å². The maximum Gasteiger partial charge on any atom is 0.410 e. The molecule has 3 heterocycles. The standard InChI is InChI=1S/C27H45N5O6Si/c1-19(16-35-5)29-25(33)21-15-31(18-36-12-13-39(6,7)8)24-23(21)30-22(14-28-24)37-17-20-10-9-11-32(20)26(34)38-27(2,3)4/h14-15,19-20H,9-13,16-18H2,1-8H3,(H,29,33)/t19-,20+/m0/s1. The van der Waals surface area contributed by atoms with Crippen molar-refractivity contribution >= 4 is 31.2 Å². The zero-order valence-electron chi connectivity index (χ0n) is 24.7. The molecule has 0 bridgehead atoms. The Morgan fingerprint density at radius 1 is 1.26 bits per heavy atom. The van der Waals surface area contributed by atoms with Crippen LogP contribution < -0.4 is 10.1 Å². The van der Waals surface area contributed by atoms with Crippen molar-refractivity contribution in [2.24, 2.45) is 0 Å². The number of amides is 2. The first-order valence-electron chi connectivity index (χ1n) is 13.6. The Morgan fingerprint density at radius 2 is 2.00 bits per heavy atom. The van der Waals surface area contributed by atoms with Crippen LogP contribution in [0.5, 0.6) is 5.88 Å². The molecular formula is C27H45N5O6Si. The number of hydrogen-bond acceptors (Lipinski definition) is 8. The zero-order valence-corrected chi connectivity index (χ0v) is 25.7. The van der Waals surface area contributed by atoms with E-state index < -0.39 is 13.7 Å². The Kier molecular flexibility index (Phi) is 10.4. The van der Waals surface area contributed by atoms with Crippen molar-refractivity contribution in [3.05, 3.63) is 18.0 Å². The number of aromatic nitrogens is 3. The van der Waals surface area contributed by atoms with Crippen molar-refractivity contribution in [1.29, 1.82) is 0 Å². The molecule has 11 nitrogen and oxygen atoms in total. The summed E-state index contributed by atoms with van der Waals surface area (Å²) in [7, 11) is 0.366. The van der Waals surface area contributed by atoms with Crippen molar-refractivity contribution in [1.82, 2.24) is 24.8 Å². The lowest BCUT2D eigenvalue weighted by Gasteiger charge is -2.28. The maximum atomic E-state index is 13.1. The van der Waals surface area contributed by atoms with Crippen LogP contribution >= 0.6 is 0 Å². The van der Waals surface area contributed by atoms with Crippen molar-refractivity contribution < 1.29 is 28.5 Å². The van der Waals surface area contributed by atoms with E-state index in [4.69, 9.17) is 18.9 Å². The fourth-order valence-electron chi connectivity index (χ4n) is 4.26. The minimum atomic E-state index is -1.23. The molecule has 0 saturated carbocycles. The van der Waals surface area contributed by atoms with Gasteiger partial charge in [0.1, 0.15) is 24.5 Å². The van der Waals surface area contributed by atoms with Crippen LogP contribution in [0.15, 0.2) is 12.4 Å². The summed E-state index contributed by atoms with van der Waals surface area (Å²) in [6.07, 6.45) is 4.61. The molecule has 1 aliphatic rings. The predicted molar refractivity (Wildman–Crippen MR) is 152 cm³/mol. The number of fused-ring (bicyclic) bond motifs is 1. The topological polar surface area (TPSA) is 117 Å². The summed E-state index contributed by atoms with van der Waals surface area (Å²) in [6.45, 7) is 16.5. The molecule has 39 heavy (non-hydrogen) atoms. The molecule has 1 saturated heterocycles. The molecule has 0 aromatic carbocycles. The van der Waals surface area contributed by atoms with Gasteiger partial charge in [0, 0.05) is 40.6 Å². The highest BCUT2D eigenvalue weighted by Gasteiger charge is 2.33. The smallest absolute Gasteiger partial charge is 0.410 e. The van der Waals surface area contributed by atoms with Crippen LogP contribution in [0.25, 0.3) is 11.2 Å². The highest BCUT2D eigenvalue weighted by atomic mass is 28.3. The highest BCUT2D eigenvalue weighted by molar-refractivity contribution is 6.76. The van der Waals surface area contributed by atoms with Gasteiger partial charge in [0.2, 0.25) is 5.88 Å². The molecule has 2 amide bonds. The number of rotatable bonds is 12. The largest absolute Gasteiger partial charge is 0.474 e. The van der Waals surface area contributed by atoms with Crippen LogP contribution in [0.3, 0.4) is 0 Å². The number of ether oxygens (including phenoxy) is 4. The lowest BCUT2D eigenvalue weighted by Crippen LogP contribution is -2.42. The van der Waals surface area contributed by atoms with Crippen LogP contribution in [0.1, 0.15) is 50.9 Å². The number of hydrogen-bond donors (Lipinski definition) is 1. The number of nitrogens with one attached hydrogen (secondary N) is 1. The van der Waals surface area contributed by atoms with Crippen molar-refractivity contribution in [3.8, 4) is 5.88 Å². The number of carbonyl (C=O) groups excluding carboxylic acids is 2. The Labute approximate surface area is 232 Å². The third-order valence-corrected chi connectivity index (χ3v) is 7.94.